The van der Waals surface area contributed by atoms with Crippen molar-refractivity contribution in [3.63, 3.8) is 0 Å². The Balaban J connectivity index is 1.45. The molecule has 2 aromatic heterocycles. The van der Waals surface area contributed by atoms with Crippen LogP contribution in [-0.4, -0.2) is 35.5 Å². The van der Waals surface area contributed by atoms with Gasteiger partial charge in [0.1, 0.15) is 11.4 Å². The van der Waals surface area contributed by atoms with E-state index in [0.717, 1.165) is 36.8 Å². The minimum absolute atomic E-state index is 0.0480. The van der Waals surface area contributed by atoms with Gasteiger partial charge in [-0.3, -0.25) is 4.79 Å². The first kappa shape index (κ1) is 19.1. The van der Waals surface area contributed by atoms with E-state index >= 15 is 0 Å². The number of carbonyl (C=O) groups is 1. The highest BCUT2D eigenvalue weighted by molar-refractivity contribution is 5.95. The lowest BCUT2D eigenvalue weighted by atomic mass is 10.0. The topological polar surface area (TPSA) is 76.1 Å². The van der Waals surface area contributed by atoms with E-state index in [-0.39, 0.29) is 11.8 Å². The summed E-state index contributed by atoms with van der Waals surface area (Å²) in [4.78, 5) is 20.3. The number of fused-ring (bicyclic) bond motifs is 1. The molecule has 3 heterocycles. The van der Waals surface area contributed by atoms with Gasteiger partial charge in [-0.25, -0.2) is 9.97 Å². The number of carbonyl (C=O) groups excluding carboxylic acids is 1. The van der Waals surface area contributed by atoms with E-state index in [1.54, 1.807) is 30.3 Å². The summed E-state index contributed by atoms with van der Waals surface area (Å²) in [6.45, 7) is 2.42. The highest BCUT2D eigenvalue weighted by Gasteiger charge is 2.30. The van der Waals surface area contributed by atoms with Gasteiger partial charge in [-0.05, 0) is 30.3 Å². The molecular formula is C20H17F3N4O2. The van der Waals surface area contributed by atoms with Crippen LogP contribution in [0.1, 0.15) is 16.1 Å². The number of rotatable bonds is 5. The van der Waals surface area contributed by atoms with Crippen molar-refractivity contribution in [2.24, 2.45) is 5.92 Å². The highest BCUT2D eigenvalue weighted by atomic mass is 19.4. The van der Waals surface area contributed by atoms with E-state index in [1.807, 2.05) is 0 Å². The van der Waals surface area contributed by atoms with Gasteiger partial charge >= 0.3 is 6.18 Å². The molecule has 9 heteroatoms. The zero-order chi connectivity index (χ0) is 20.4. The molecule has 6 nitrogen and oxygen atoms in total. The molecule has 1 amide bonds. The summed E-state index contributed by atoms with van der Waals surface area (Å²) in [5.41, 5.74) is 0.0884. The number of nitrogens with one attached hydrogen (secondary N) is 2. The van der Waals surface area contributed by atoms with Crippen LogP contribution >= 0.6 is 0 Å². The predicted octanol–water partition coefficient (Wildman–Crippen LogP) is 3.39. The highest BCUT2D eigenvalue weighted by Crippen LogP contribution is 2.30. The summed E-state index contributed by atoms with van der Waals surface area (Å²) in [6.07, 6.45) is -3.72. The third-order valence-corrected chi connectivity index (χ3v) is 4.60. The SMILES string of the molecule is O=C(NCC1CNC1)c1ccc2cc(Oc3ccc(C(F)(F)F)cn3)ccc2n1. The van der Waals surface area contributed by atoms with Crippen molar-refractivity contribution in [3.05, 3.63) is 59.9 Å². The molecule has 0 atom stereocenters. The number of ether oxygens (including phenoxy) is 1. The second kappa shape index (κ2) is 7.67. The van der Waals surface area contributed by atoms with Crippen molar-refractivity contribution in [1.82, 2.24) is 20.6 Å². The van der Waals surface area contributed by atoms with Crippen molar-refractivity contribution < 1.29 is 22.7 Å². The summed E-state index contributed by atoms with van der Waals surface area (Å²) in [5.74, 6) is 0.680. The van der Waals surface area contributed by atoms with E-state index < -0.39 is 11.7 Å². The molecule has 0 bridgehead atoms. The molecule has 1 aromatic carbocycles. The second-order valence-corrected chi connectivity index (χ2v) is 6.77. The van der Waals surface area contributed by atoms with Crippen molar-refractivity contribution >= 4 is 16.8 Å². The molecule has 3 aromatic rings. The number of hydrogen-bond donors (Lipinski definition) is 2. The van der Waals surface area contributed by atoms with Crippen molar-refractivity contribution in [2.75, 3.05) is 19.6 Å². The molecule has 150 valence electrons. The van der Waals surface area contributed by atoms with Gasteiger partial charge in [0, 0.05) is 43.2 Å². The molecule has 0 unspecified atom stereocenters. The zero-order valence-corrected chi connectivity index (χ0v) is 15.2. The molecule has 1 aliphatic rings. The molecule has 0 saturated carbocycles. The summed E-state index contributed by atoms with van der Waals surface area (Å²) in [6, 6.07) is 10.4. The minimum Gasteiger partial charge on any atom is -0.439 e. The Kier molecular flexibility index (Phi) is 5.06. The number of hydrogen-bond acceptors (Lipinski definition) is 5. The lowest BCUT2D eigenvalue weighted by molar-refractivity contribution is -0.137. The summed E-state index contributed by atoms with van der Waals surface area (Å²) in [7, 11) is 0. The van der Waals surface area contributed by atoms with Gasteiger partial charge in [0.2, 0.25) is 5.88 Å². The Morgan fingerprint density at radius 3 is 2.66 bits per heavy atom. The molecule has 0 spiro atoms. The van der Waals surface area contributed by atoms with Crippen LogP contribution in [0.25, 0.3) is 10.9 Å². The van der Waals surface area contributed by atoms with Crippen molar-refractivity contribution in [1.29, 1.82) is 0 Å². The molecule has 1 saturated heterocycles. The van der Waals surface area contributed by atoms with Gasteiger partial charge in [0.05, 0.1) is 11.1 Å². The maximum atomic E-state index is 12.6. The quantitative estimate of drug-likeness (QED) is 0.684. The fraction of sp³-hybridized carbons (Fsp3) is 0.250. The van der Waals surface area contributed by atoms with Crippen LogP contribution in [0.3, 0.4) is 0 Å². The lowest BCUT2D eigenvalue weighted by Crippen LogP contribution is -2.48. The fourth-order valence-corrected chi connectivity index (χ4v) is 2.84. The van der Waals surface area contributed by atoms with Crippen molar-refractivity contribution in [2.45, 2.75) is 6.18 Å². The van der Waals surface area contributed by atoms with Crippen LogP contribution in [0.5, 0.6) is 11.6 Å². The summed E-state index contributed by atoms with van der Waals surface area (Å²) in [5, 5.41) is 6.75. The van der Waals surface area contributed by atoms with E-state index in [2.05, 4.69) is 20.6 Å². The summed E-state index contributed by atoms with van der Waals surface area (Å²) < 4.78 is 43.3. The van der Waals surface area contributed by atoms with Crippen LogP contribution in [0.4, 0.5) is 13.2 Å². The molecule has 4 rings (SSSR count). The van der Waals surface area contributed by atoms with Gasteiger partial charge < -0.3 is 15.4 Å². The standard InChI is InChI=1S/C20H17F3N4O2/c21-20(22,23)14-2-6-18(25-11-14)29-15-3-5-16-13(7-15)1-4-17(27-16)19(28)26-10-12-8-24-9-12/h1-7,11-12,24H,8-10H2,(H,26,28). The Labute approximate surface area is 164 Å². The van der Waals surface area contributed by atoms with Crippen LogP contribution in [-0.2, 0) is 6.18 Å². The first-order valence-electron chi connectivity index (χ1n) is 8.99. The average molecular weight is 402 g/mol. The van der Waals surface area contributed by atoms with Crippen LogP contribution in [0.2, 0.25) is 0 Å². The predicted molar refractivity (Wildman–Crippen MR) is 99.7 cm³/mol. The summed E-state index contributed by atoms with van der Waals surface area (Å²) >= 11 is 0. The number of nitrogens with zero attached hydrogens (tertiary/aromatic N) is 2. The number of alkyl halides is 3. The Bertz CT molecular complexity index is 1030. The normalized spacial score (nSPS) is 14.4. The van der Waals surface area contributed by atoms with Gasteiger partial charge in [0.15, 0.2) is 0 Å². The fourth-order valence-electron chi connectivity index (χ4n) is 2.84. The number of benzene rings is 1. The molecular weight excluding hydrogens is 385 g/mol. The third kappa shape index (κ3) is 4.45. The van der Waals surface area contributed by atoms with Gasteiger partial charge in [0.25, 0.3) is 5.91 Å². The zero-order valence-electron chi connectivity index (χ0n) is 15.2. The Morgan fingerprint density at radius 2 is 2.00 bits per heavy atom. The lowest BCUT2D eigenvalue weighted by Gasteiger charge is -2.26. The van der Waals surface area contributed by atoms with Gasteiger partial charge in [-0.2, -0.15) is 13.2 Å². The third-order valence-electron chi connectivity index (χ3n) is 4.60. The average Bonchev–Trinajstić information content (AvgIpc) is 2.66. The minimum atomic E-state index is -4.45. The van der Waals surface area contributed by atoms with E-state index in [1.165, 1.54) is 0 Å². The number of halogens is 3. The van der Waals surface area contributed by atoms with E-state index in [4.69, 9.17) is 4.74 Å². The molecule has 29 heavy (non-hydrogen) atoms. The molecule has 0 aliphatic carbocycles. The van der Waals surface area contributed by atoms with Crippen LogP contribution in [0, 0.1) is 5.92 Å². The van der Waals surface area contributed by atoms with E-state index in [9.17, 15) is 18.0 Å². The van der Waals surface area contributed by atoms with E-state index in [0.29, 0.717) is 29.4 Å². The number of amides is 1. The first-order chi connectivity index (χ1) is 13.9. The smallest absolute Gasteiger partial charge is 0.417 e. The first-order valence-corrected chi connectivity index (χ1v) is 8.99. The maximum Gasteiger partial charge on any atom is 0.417 e. The van der Waals surface area contributed by atoms with Crippen LogP contribution < -0.4 is 15.4 Å². The molecule has 1 fully saturated rings. The molecule has 2 N–H and O–H groups in total. The molecule has 0 radical (unpaired) electrons. The monoisotopic (exact) mass is 402 g/mol. The second-order valence-electron chi connectivity index (χ2n) is 6.77. The van der Waals surface area contributed by atoms with Gasteiger partial charge in [-0.15, -0.1) is 0 Å². The number of aromatic nitrogens is 2. The Hall–Kier alpha value is -3.20. The maximum absolute atomic E-state index is 12.6. The Morgan fingerprint density at radius 1 is 1.17 bits per heavy atom. The van der Waals surface area contributed by atoms with Crippen LogP contribution in [0.15, 0.2) is 48.7 Å². The largest absolute Gasteiger partial charge is 0.439 e. The van der Waals surface area contributed by atoms with Crippen molar-refractivity contribution in [3.8, 4) is 11.6 Å². The van der Waals surface area contributed by atoms with Gasteiger partial charge in [-0.1, -0.05) is 6.07 Å². The number of pyridine rings is 2. The molecule has 1 aliphatic heterocycles.